The van der Waals surface area contributed by atoms with Crippen molar-refractivity contribution in [2.24, 2.45) is 46.3 Å². The van der Waals surface area contributed by atoms with Gasteiger partial charge in [-0.15, -0.1) is 6.58 Å². The van der Waals surface area contributed by atoms with Gasteiger partial charge in [-0.1, -0.05) is 46.1 Å². The zero-order valence-corrected chi connectivity index (χ0v) is 16.5. The molecule has 0 amide bonds. The minimum absolute atomic E-state index is 0.611. The molecule has 0 radical (unpaired) electrons. The molecular formula is C24H40. The van der Waals surface area contributed by atoms with Crippen LogP contribution in [0, 0.1) is 46.3 Å². The summed E-state index contributed by atoms with van der Waals surface area (Å²) in [6.07, 6.45) is 19.0. The molecule has 4 rings (SSSR count). The summed E-state index contributed by atoms with van der Waals surface area (Å²) >= 11 is 0. The van der Waals surface area contributed by atoms with Gasteiger partial charge in [0.05, 0.1) is 0 Å². The lowest BCUT2D eigenvalue weighted by molar-refractivity contribution is -0.0696. The van der Waals surface area contributed by atoms with Crippen LogP contribution in [0.3, 0.4) is 0 Å². The smallest absolute Gasteiger partial charge is 0.0231 e. The first-order valence-corrected chi connectivity index (χ1v) is 11.1. The van der Waals surface area contributed by atoms with E-state index in [1.807, 2.05) is 0 Å². The maximum absolute atomic E-state index is 4.14. The Morgan fingerprint density at radius 2 is 1.58 bits per heavy atom. The van der Waals surface area contributed by atoms with Crippen molar-refractivity contribution >= 4 is 0 Å². The normalized spacial score (nSPS) is 52.5. The number of fused-ring (bicyclic) bond motifs is 5. The van der Waals surface area contributed by atoms with Crippen LogP contribution in [-0.2, 0) is 0 Å². The molecule has 0 heteroatoms. The standard InChI is InChI=1S/C24H40/c1-5-17(2)20-12-13-21-19-11-8-10-18-9-6-7-15-23(18,3)22(19)14-16-24(20,21)4/h5,17-22H,1,6-16H2,2-4H3/t17-,18-,19?,20?,21?,22?,23+,24?/m1/s1. The molecule has 0 aromatic rings. The first-order chi connectivity index (χ1) is 11.5. The van der Waals surface area contributed by atoms with Crippen LogP contribution in [0.15, 0.2) is 12.7 Å². The van der Waals surface area contributed by atoms with Crippen LogP contribution in [0.25, 0.3) is 0 Å². The quantitative estimate of drug-likeness (QED) is 0.468. The van der Waals surface area contributed by atoms with E-state index in [-0.39, 0.29) is 0 Å². The van der Waals surface area contributed by atoms with Crippen molar-refractivity contribution in [1.29, 1.82) is 0 Å². The van der Waals surface area contributed by atoms with Crippen molar-refractivity contribution in [2.45, 2.75) is 91.4 Å². The maximum atomic E-state index is 4.14. The molecule has 4 saturated carbocycles. The van der Waals surface area contributed by atoms with Crippen LogP contribution in [0.2, 0.25) is 0 Å². The molecule has 8 atom stereocenters. The monoisotopic (exact) mass is 328 g/mol. The summed E-state index contributed by atoms with van der Waals surface area (Å²) < 4.78 is 0. The zero-order chi connectivity index (χ0) is 16.9. The van der Waals surface area contributed by atoms with Crippen LogP contribution in [0.5, 0.6) is 0 Å². The SMILES string of the molecule is C=C[C@@H](C)C1CCC2C3CCC[C@H]4CCCC[C@]4(C)C3CCC21C. The predicted octanol–water partition coefficient (Wildman–Crippen LogP) is 7.25. The van der Waals surface area contributed by atoms with Gasteiger partial charge in [-0.2, -0.15) is 0 Å². The Kier molecular flexibility index (Phi) is 4.41. The Balaban J connectivity index is 1.64. The third-order valence-electron chi connectivity index (χ3n) is 9.90. The van der Waals surface area contributed by atoms with Gasteiger partial charge in [-0.3, -0.25) is 0 Å². The van der Waals surface area contributed by atoms with Gasteiger partial charge in [-0.05, 0) is 97.7 Å². The molecule has 5 unspecified atom stereocenters. The topological polar surface area (TPSA) is 0 Å². The van der Waals surface area contributed by atoms with Gasteiger partial charge >= 0.3 is 0 Å². The molecule has 0 saturated heterocycles. The summed E-state index contributed by atoms with van der Waals surface area (Å²) in [7, 11) is 0. The third-order valence-corrected chi connectivity index (χ3v) is 9.90. The highest BCUT2D eigenvalue weighted by molar-refractivity contribution is 5.09. The highest BCUT2D eigenvalue weighted by Crippen LogP contribution is 2.67. The van der Waals surface area contributed by atoms with Gasteiger partial charge in [0.15, 0.2) is 0 Å². The lowest BCUT2D eigenvalue weighted by Crippen LogP contribution is -2.49. The van der Waals surface area contributed by atoms with Crippen molar-refractivity contribution in [3.05, 3.63) is 12.7 Å². The van der Waals surface area contributed by atoms with Crippen LogP contribution >= 0.6 is 0 Å². The molecule has 4 fully saturated rings. The lowest BCUT2D eigenvalue weighted by atomic mass is 9.49. The fourth-order valence-corrected chi connectivity index (χ4v) is 8.57. The fourth-order valence-electron chi connectivity index (χ4n) is 8.57. The minimum atomic E-state index is 0.611. The van der Waals surface area contributed by atoms with Crippen molar-refractivity contribution in [3.8, 4) is 0 Å². The molecule has 0 heterocycles. The Morgan fingerprint density at radius 3 is 2.38 bits per heavy atom. The molecule has 0 N–H and O–H groups in total. The summed E-state index contributed by atoms with van der Waals surface area (Å²) in [5.74, 6) is 5.76. The van der Waals surface area contributed by atoms with Crippen LogP contribution in [0.1, 0.15) is 91.4 Å². The second-order valence-corrected chi connectivity index (χ2v) is 10.6. The van der Waals surface area contributed by atoms with Gasteiger partial charge in [0.25, 0.3) is 0 Å². The average molecular weight is 329 g/mol. The summed E-state index contributed by atoms with van der Waals surface area (Å²) in [4.78, 5) is 0. The maximum Gasteiger partial charge on any atom is -0.0231 e. The Hall–Kier alpha value is -0.260. The average Bonchev–Trinajstić information content (AvgIpc) is 2.85. The molecule has 0 aromatic heterocycles. The van der Waals surface area contributed by atoms with Crippen molar-refractivity contribution in [2.75, 3.05) is 0 Å². The molecule has 24 heavy (non-hydrogen) atoms. The van der Waals surface area contributed by atoms with E-state index in [0.717, 1.165) is 29.6 Å². The van der Waals surface area contributed by atoms with Crippen LogP contribution in [-0.4, -0.2) is 0 Å². The van der Waals surface area contributed by atoms with Crippen LogP contribution in [0.4, 0.5) is 0 Å². The van der Waals surface area contributed by atoms with Gasteiger partial charge in [0, 0.05) is 0 Å². The van der Waals surface area contributed by atoms with Gasteiger partial charge in [0.2, 0.25) is 0 Å². The highest BCUT2D eigenvalue weighted by atomic mass is 14.6. The first-order valence-electron chi connectivity index (χ1n) is 11.1. The van der Waals surface area contributed by atoms with E-state index in [9.17, 15) is 0 Å². The molecule has 0 aliphatic heterocycles. The summed E-state index contributed by atoms with van der Waals surface area (Å²) in [5.41, 5.74) is 1.29. The van der Waals surface area contributed by atoms with Crippen molar-refractivity contribution in [3.63, 3.8) is 0 Å². The summed E-state index contributed by atoms with van der Waals surface area (Å²) in [6, 6.07) is 0. The molecule has 0 nitrogen and oxygen atoms in total. The number of rotatable bonds is 2. The molecule has 0 bridgehead atoms. The van der Waals surface area contributed by atoms with Gasteiger partial charge < -0.3 is 0 Å². The van der Waals surface area contributed by atoms with E-state index in [2.05, 4.69) is 33.4 Å². The second-order valence-electron chi connectivity index (χ2n) is 10.6. The minimum Gasteiger partial charge on any atom is -0.103 e. The zero-order valence-electron chi connectivity index (χ0n) is 16.5. The van der Waals surface area contributed by atoms with E-state index in [0.29, 0.717) is 16.7 Å². The molecule has 0 aromatic carbocycles. The molecule has 4 aliphatic carbocycles. The summed E-state index contributed by atoms with van der Waals surface area (Å²) in [5, 5.41) is 0. The molecule has 136 valence electrons. The van der Waals surface area contributed by atoms with E-state index in [4.69, 9.17) is 0 Å². The van der Waals surface area contributed by atoms with Crippen molar-refractivity contribution in [1.82, 2.24) is 0 Å². The van der Waals surface area contributed by atoms with Crippen molar-refractivity contribution < 1.29 is 0 Å². The third kappa shape index (κ3) is 2.38. The lowest BCUT2D eigenvalue weighted by Gasteiger charge is -2.56. The molecule has 4 aliphatic rings. The van der Waals surface area contributed by atoms with Gasteiger partial charge in [-0.25, -0.2) is 0 Å². The van der Waals surface area contributed by atoms with Gasteiger partial charge in [0.1, 0.15) is 0 Å². The Bertz CT molecular complexity index is 478. The highest BCUT2D eigenvalue weighted by Gasteiger charge is 2.58. The number of hydrogen-bond acceptors (Lipinski definition) is 0. The summed E-state index contributed by atoms with van der Waals surface area (Å²) in [6.45, 7) is 12.0. The predicted molar refractivity (Wildman–Crippen MR) is 104 cm³/mol. The van der Waals surface area contributed by atoms with E-state index in [1.165, 1.54) is 57.8 Å². The molecular weight excluding hydrogens is 288 g/mol. The number of allylic oxidation sites excluding steroid dienone is 1. The van der Waals surface area contributed by atoms with E-state index >= 15 is 0 Å². The second kappa shape index (κ2) is 6.17. The molecule has 0 spiro atoms. The Morgan fingerprint density at radius 1 is 0.833 bits per heavy atom. The van der Waals surface area contributed by atoms with E-state index < -0.39 is 0 Å². The van der Waals surface area contributed by atoms with E-state index in [1.54, 1.807) is 12.8 Å². The van der Waals surface area contributed by atoms with Crippen LogP contribution < -0.4 is 0 Å². The fraction of sp³-hybridized carbons (Fsp3) is 0.917. The first kappa shape index (κ1) is 17.2. The largest absolute Gasteiger partial charge is 0.103 e. The Labute approximate surface area is 150 Å². The number of hydrogen-bond donors (Lipinski definition) is 0.